The molecule has 1 aliphatic rings. The SMILES string of the molecule is [CH2]CCCCCc1ccc2c(c1)OOCCC2. The fraction of sp³-hybridized carbons (Fsp3) is 0.533. The first-order valence-electron chi connectivity index (χ1n) is 6.60. The van der Waals surface area contributed by atoms with Crippen molar-refractivity contribution < 1.29 is 9.78 Å². The summed E-state index contributed by atoms with van der Waals surface area (Å²) in [7, 11) is 0. The Kier molecular flexibility index (Phi) is 4.87. The average Bonchev–Trinajstić information content (AvgIpc) is 2.59. The van der Waals surface area contributed by atoms with Crippen LogP contribution in [-0.2, 0) is 17.7 Å². The number of rotatable bonds is 5. The van der Waals surface area contributed by atoms with Gasteiger partial charge in [0, 0.05) is 0 Å². The van der Waals surface area contributed by atoms with Gasteiger partial charge in [0.2, 0.25) is 0 Å². The molecule has 0 amide bonds. The van der Waals surface area contributed by atoms with Gasteiger partial charge in [-0.05, 0) is 42.9 Å². The zero-order chi connectivity index (χ0) is 11.9. The van der Waals surface area contributed by atoms with E-state index in [2.05, 4.69) is 25.1 Å². The molecule has 0 atom stereocenters. The van der Waals surface area contributed by atoms with Gasteiger partial charge < -0.3 is 4.89 Å². The summed E-state index contributed by atoms with van der Waals surface area (Å²) >= 11 is 0. The molecule has 0 saturated carbocycles. The molecular weight excluding hydrogens is 212 g/mol. The van der Waals surface area contributed by atoms with Crippen molar-refractivity contribution >= 4 is 0 Å². The van der Waals surface area contributed by atoms with Gasteiger partial charge in [0.15, 0.2) is 5.75 Å². The second kappa shape index (κ2) is 6.65. The molecule has 1 aliphatic heterocycles. The van der Waals surface area contributed by atoms with Crippen LogP contribution in [0.4, 0.5) is 0 Å². The monoisotopic (exact) mass is 233 g/mol. The lowest BCUT2D eigenvalue weighted by Crippen LogP contribution is -1.96. The van der Waals surface area contributed by atoms with Gasteiger partial charge in [-0.15, -0.1) is 0 Å². The third-order valence-electron chi connectivity index (χ3n) is 3.17. The van der Waals surface area contributed by atoms with Gasteiger partial charge in [-0.1, -0.05) is 38.3 Å². The van der Waals surface area contributed by atoms with E-state index in [0.717, 1.165) is 31.4 Å². The Labute approximate surface area is 104 Å². The second-order valence-corrected chi connectivity index (χ2v) is 4.62. The van der Waals surface area contributed by atoms with Crippen LogP contribution in [0.2, 0.25) is 0 Å². The number of hydrogen-bond acceptors (Lipinski definition) is 2. The van der Waals surface area contributed by atoms with Crippen LogP contribution in [0.3, 0.4) is 0 Å². The molecule has 0 N–H and O–H groups in total. The van der Waals surface area contributed by atoms with Gasteiger partial charge in [0.05, 0.1) is 6.61 Å². The lowest BCUT2D eigenvalue weighted by molar-refractivity contribution is -0.203. The van der Waals surface area contributed by atoms with Crippen molar-refractivity contribution in [3.63, 3.8) is 0 Å². The van der Waals surface area contributed by atoms with Gasteiger partial charge in [-0.3, -0.25) is 0 Å². The number of aryl methyl sites for hydroxylation is 2. The lowest BCUT2D eigenvalue weighted by atomic mass is 10.0. The van der Waals surface area contributed by atoms with Crippen LogP contribution in [-0.4, -0.2) is 6.61 Å². The Balaban J connectivity index is 1.93. The Bertz CT molecular complexity index is 347. The Morgan fingerprint density at radius 2 is 2.12 bits per heavy atom. The molecule has 93 valence electrons. The molecular formula is C15H21O2. The van der Waals surface area contributed by atoms with Crippen molar-refractivity contribution in [3.05, 3.63) is 36.2 Å². The fourth-order valence-corrected chi connectivity index (χ4v) is 2.15. The molecule has 0 aliphatic carbocycles. The van der Waals surface area contributed by atoms with E-state index >= 15 is 0 Å². The van der Waals surface area contributed by atoms with E-state index in [1.165, 1.54) is 30.4 Å². The zero-order valence-corrected chi connectivity index (χ0v) is 10.4. The maximum absolute atomic E-state index is 5.31. The van der Waals surface area contributed by atoms with Crippen LogP contribution in [0.5, 0.6) is 5.75 Å². The molecule has 1 aromatic rings. The van der Waals surface area contributed by atoms with Crippen LogP contribution in [0.1, 0.15) is 43.2 Å². The summed E-state index contributed by atoms with van der Waals surface area (Å²) in [6, 6.07) is 6.53. The predicted octanol–water partition coefficient (Wildman–Crippen LogP) is 3.88. The minimum atomic E-state index is 0.688. The zero-order valence-electron chi connectivity index (χ0n) is 10.4. The molecule has 0 unspecified atom stereocenters. The topological polar surface area (TPSA) is 18.5 Å². The maximum Gasteiger partial charge on any atom is 0.168 e. The van der Waals surface area contributed by atoms with Crippen LogP contribution in [0, 0.1) is 6.92 Å². The van der Waals surface area contributed by atoms with E-state index in [0.29, 0.717) is 6.61 Å². The fourth-order valence-electron chi connectivity index (χ4n) is 2.15. The third-order valence-corrected chi connectivity index (χ3v) is 3.17. The summed E-state index contributed by atoms with van der Waals surface area (Å²) in [5.41, 5.74) is 2.61. The van der Waals surface area contributed by atoms with Crippen LogP contribution in [0.15, 0.2) is 18.2 Å². The Morgan fingerprint density at radius 1 is 1.18 bits per heavy atom. The highest BCUT2D eigenvalue weighted by Crippen LogP contribution is 2.25. The predicted molar refractivity (Wildman–Crippen MR) is 68.9 cm³/mol. The molecule has 1 radical (unpaired) electrons. The van der Waals surface area contributed by atoms with E-state index < -0.39 is 0 Å². The van der Waals surface area contributed by atoms with Gasteiger partial charge >= 0.3 is 0 Å². The molecule has 17 heavy (non-hydrogen) atoms. The number of unbranched alkanes of at least 4 members (excludes halogenated alkanes) is 3. The van der Waals surface area contributed by atoms with Crippen molar-refractivity contribution in [3.8, 4) is 5.75 Å². The molecule has 0 fully saturated rings. The van der Waals surface area contributed by atoms with E-state index in [9.17, 15) is 0 Å². The highest BCUT2D eigenvalue weighted by Gasteiger charge is 2.10. The molecule has 2 heteroatoms. The molecule has 0 saturated heterocycles. The first kappa shape index (κ1) is 12.4. The first-order valence-corrected chi connectivity index (χ1v) is 6.60. The molecule has 0 bridgehead atoms. The molecule has 0 aromatic heterocycles. The van der Waals surface area contributed by atoms with Crippen LogP contribution >= 0.6 is 0 Å². The minimum Gasteiger partial charge on any atom is -0.337 e. The lowest BCUT2D eigenvalue weighted by Gasteiger charge is -2.07. The van der Waals surface area contributed by atoms with E-state index in [1.807, 2.05) is 0 Å². The van der Waals surface area contributed by atoms with Crippen molar-refractivity contribution in [1.29, 1.82) is 0 Å². The normalized spacial score (nSPS) is 14.9. The third kappa shape index (κ3) is 3.74. The van der Waals surface area contributed by atoms with E-state index in [1.54, 1.807) is 0 Å². The summed E-state index contributed by atoms with van der Waals surface area (Å²) in [5.74, 6) is 0.914. The molecule has 2 nitrogen and oxygen atoms in total. The smallest absolute Gasteiger partial charge is 0.168 e. The standard InChI is InChI=1S/C15H21O2/c1-2-3-4-5-7-13-9-10-14-8-6-11-16-17-15(14)12-13/h9-10,12H,1-8,11H2. The maximum atomic E-state index is 5.31. The number of benzene rings is 1. The van der Waals surface area contributed by atoms with Crippen molar-refractivity contribution in [2.24, 2.45) is 0 Å². The van der Waals surface area contributed by atoms with Gasteiger partial charge in [0.25, 0.3) is 0 Å². The van der Waals surface area contributed by atoms with Crippen molar-refractivity contribution in [2.45, 2.75) is 44.9 Å². The molecule has 2 rings (SSSR count). The van der Waals surface area contributed by atoms with Crippen molar-refractivity contribution in [2.75, 3.05) is 6.61 Å². The van der Waals surface area contributed by atoms with E-state index in [-0.39, 0.29) is 0 Å². The molecule has 1 heterocycles. The van der Waals surface area contributed by atoms with Gasteiger partial charge in [0.1, 0.15) is 0 Å². The van der Waals surface area contributed by atoms with Gasteiger partial charge in [-0.2, -0.15) is 4.89 Å². The van der Waals surface area contributed by atoms with Crippen LogP contribution < -0.4 is 4.89 Å². The summed E-state index contributed by atoms with van der Waals surface area (Å²) in [4.78, 5) is 10.4. The summed E-state index contributed by atoms with van der Waals surface area (Å²) in [6.45, 7) is 4.55. The summed E-state index contributed by atoms with van der Waals surface area (Å²) in [5, 5.41) is 0. The Hall–Kier alpha value is -1.02. The molecule has 1 aromatic carbocycles. The average molecular weight is 233 g/mol. The largest absolute Gasteiger partial charge is 0.337 e. The minimum absolute atomic E-state index is 0.688. The summed E-state index contributed by atoms with van der Waals surface area (Å²) < 4.78 is 0. The second-order valence-electron chi connectivity index (χ2n) is 4.62. The summed E-state index contributed by atoms with van der Waals surface area (Å²) in [6.07, 6.45) is 7.97. The van der Waals surface area contributed by atoms with Gasteiger partial charge in [-0.25, -0.2) is 0 Å². The number of hydrogen-bond donors (Lipinski definition) is 0. The quantitative estimate of drug-likeness (QED) is 0.567. The van der Waals surface area contributed by atoms with Crippen molar-refractivity contribution in [1.82, 2.24) is 0 Å². The molecule has 0 spiro atoms. The number of fused-ring (bicyclic) bond motifs is 1. The highest BCUT2D eigenvalue weighted by atomic mass is 17.2. The van der Waals surface area contributed by atoms with E-state index in [4.69, 9.17) is 9.78 Å². The Morgan fingerprint density at radius 3 is 3.00 bits per heavy atom. The first-order chi connectivity index (χ1) is 8.40. The highest BCUT2D eigenvalue weighted by molar-refractivity contribution is 5.37. The van der Waals surface area contributed by atoms with Crippen LogP contribution in [0.25, 0.3) is 0 Å².